The van der Waals surface area contributed by atoms with Gasteiger partial charge in [0.1, 0.15) is 5.69 Å². The molecule has 0 saturated carbocycles. The van der Waals surface area contributed by atoms with Crippen molar-refractivity contribution in [3.8, 4) is 22.3 Å². The Labute approximate surface area is 226 Å². The number of benzene rings is 2. The zero-order valence-electron chi connectivity index (χ0n) is 21.3. The average molecular weight is 553 g/mol. The van der Waals surface area contributed by atoms with E-state index in [9.17, 15) is 18.0 Å². The van der Waals surface area contributed by atoms with E-state index >= 15 is 0 Å². The lowest BCUT2D eigenvalue weighted by molar-refractivity contribution is -0.141. The number of nitrogens with zero attached hydrogens (tertiary/aromatic N) is 5. The van der Waals surface area contributed by atoms with Gasteiger partial charge in [-0.1, -0.05) is 59.6 Å². The molecule has 0 fully saturated rings. The molecule has 2 N–H and O–H groups in total. The van der Waals surface area contributed by atoms with Crippen LogP contribution in [0.4, 0.5) is 13.2 Å². The molecule has 0 aliphatic carbocycles. The van der Waals surface area contributed by atoms with Crippen LogP contribution in [0.5, 0.6) is 0 Å². The number of aryl methyl sites for hydroxylation is 2. The van der Waals surface area contributed by atoms with Crippen LogP contribution in [0.2, 0.25) is 5.02 Å². The predicted octanol–water partition coefficient (Wildman–Crippen LogP) is 5.98. The molecule has 0 amide bonds. The van der Waals surface area contributed by atoms with Crippen LogP contribution < -0.4 is 11.3 Å². The minimum atomic E-state index is -4.58. The van der Waals surface area contributed by atoms with Crippen LogP contribution in [0.3, 0.4) is 0 Å². The monoisotopic (exact) mass is 552 g/mol. The Morgan fingerprint density at radius 2 is 1.54 bits per heavy atom. The third-order valence-corrected chi connectivity index (χ3v) is 6.77. The third-order valence-electron chi connectivity index (χ3n) is 6.51. The van der Waals surface area contributed by atoms with Gasteiger partial charge < -0.3 is 5.73 Å². The lowest BCUT2D eigenvalue weighted by Crippen LogP contribution is -2.31. The fourth-order valence-corrected chi connectivity index (χ4v) is 4.63. The molecule has 0 radical (unpaired) electrons. The van der Waals surface area contributed by atoms with Gasteiger partial charge in [0.25, 0.3) is 5.56 Å². The Bertz CT molecular complexity index is 1740. The number of halogens is 4. The highest BCUT2D eigenvalue weighted by Crippen LogP contribution is 2.34. The first kappa shape index (κ1) is 26.6. The highest BCUT2D eigenvalue weighted by molar-refractivity contribution is 6.30. The zero-order valence-corrected chi connectivity index (χ0v) is 22.0. The molecule has 3 aromatic heterocycles. The second-order valence-corrected chi connectivity index (χ2v) is 9.84. The van der Waals surface area contributed by atoms with E-state index in [0.717, 1.165) is 11.6 Å². The molecule has 3 heterocycles. The molecular weight excluding hydrogens is 529 g/mol. The summed E-state index contributed by atoms with van der Waals surface area (Å²) in [5, 5.41) is 9.26. The number of rotatable bonds is 5. The van der Waals surface area contributed by atoms with Crippen molar-refractivity contribution in [1.29, 1.82) is 0 Å². The fraction of sp³-hybridized carbons (Fsp3) is 0.214. The Balaban J connectivity index is 1.85. The topological polar surface area (TPSA) is 91.1 Å². The number of pyridine rings is 1. The summed E-state index contributed by atoms with van der Waals surface area (Å²) in [6, 6.07) is 16.2. The highest BCUT2D eigenvalue weighted by Gasteiger charge is 2.33. The van der Waals surface area contributed by atoms with Gasteiger partial charge in [0.2, 0.25) is 0 Å². The van der Waals surface area contributed by atoms with Crippen LogP contribution >= 0.6 is 11.6 Å². The van der Waals surface area contributed by atoms with E-state index in [1.807, 2.05) is 31.2 Å². The van der Waals surface area contributed by atoms with E-state index < -0.39 is 23.5 Å². The fourth-order valence-electron chi connectivity index (χ4n) is 4.51. The van der Waals surface area contributed by atoms with Crippen LogP contribution in [-0.4, -0.2) is 24.4 Å². The molecule has 1 atom stereocenters. The summed E-state index contributed by atoms with van der Waals surface area (Å²) < 4.78 is 42.7. The van der Waals surface area contributed by atoms with Crippen molar-refractivity contribution in [2.45, 2.75) is 39.5 Å². The van der Waals surface area contributed by atoms with Gasteiger partial charge in [-0.2, -0.15) is 13.2 Å². The lowest BCUT2D eigenvalue weighted by Gasteiger charge is -2.19. The maximum Gasteiger partial charge on any atom is 0.433 e. The van der Waals surface area contributed by atoms with Gasteiger partial charge in [0.15, 0.2) is 11.5 Å². The van der Waals surface area contributed by atoms with Crippen molar-refractivity contribution in [1.82, 2.24) is 24.4 Å². The minimum absolute atomic E-state index is 0.0795. The van der Waals surface area contributed by atoms with Crippen LogP contribution in [0.15, 0.2) is 65.5 Å². The van der Waals surface area contributed by atoms with Gasteiger partial charge in [-0.05, 0) is 55.7 Å². The van der Waals surface area contributed by atoms with Crippen LogP contribution in [-0.2, 0) is 12.7 Å². The second kappa shape index (κ2) is 9.94. The molecule has 200 valence electrons. The van der Waals surface area contributed by atoms with Crippen molar-refractivity contribution in [3.05, 3.63) is 104 Å². The largest absolute Gasteiger partial charge is 0.433 e. The maximum absolute atomic E-state index is 14.4. The van der Waals surface area contributed by atoms with E-state index in [0.29, 0.717) is 44.3 Å². The summed E-state index contributed by atoms with van der Waals surface area (Å²) >= 11 is 6.15. The Morgan fingerprint density at radius 3 is 2.13 bits per heavy atom. The minimum Gasteiger partial charge on any atom is -0.321 e. The van der Waals surface area contributed by atoms with Gasteiger partial charge in [-0.25, -0.2) is 14.2 Å². The van der Waals surface area contributed by atoms with Gasteiger partial charge in [0, 0.05) is 16.3 Å². The predicted molar refractivity (Wildman–Crippen MR) is 144 cm³/mol. The highest BCUT2D eigenvalue weighted by atomic mass is 35.5. The van der Waals surface area contributed by atoms with E-state index in [-0.39, 0.29) is 12.2 Å². The first-order valence-electron chi connectivity index (χ1n) is 12.1. The Kier molecular flexibility index (Phi) is 6.77. The summed E-state index contributed by atoms with van der Waals surface area (Å²) in [6.45, 7) is 5.06. The molecule has 11 heteroatoms. The molecule has 7 nitrogen and oxygen atoms in total. The van der Waals surface area contributed by atoms with E-state index in [1.165, 1.54) is 17.7 Å². The summed E-state index contributed by atoms with van der Waals surface area (Å²) in [5.41, 5.74) is 9.05. The normalized spacial score (nSPS) is 12.7. The van der Waals surface area contributed by atoms with Gasteiger partial charge in [-0.3, -0.25) is 4.79 Å². The zero-order chi connectivity index (χ0) is 28.1. The van der Waals surface area contributed by atoms with E-state index in [2.05, 4.69) is 15.2 Å². The maximum atomic E-state index is 14.4. The summed E-state index contributed by atoms with van der Waals surface area (Å²) in [5.74, 6) is 0.324. The molecule has 0 bridgehead atoms. The van der Waals surface area contributed by atoms with Gasteiger partial charge in [0.05, 0.1) is 18.2 Å². The van der Waals surface area contributed by atoms with Crippen molar-refractivity contribution < 1.29 is 13.2 Å². The SMILES string of the molecule is Cc1ccc(-c2c(-c3ccc(Cl)cc3)c3nnc([C@H](C)N)n3n(Cc3ccc(C(F)(F)F)nc3C)c2=O)cc1. The number of hydrogen-bond donors (Lipinski definition) is 1. The number of alkyl halides is 3. The third kappa shape index (κ3) is 4.93. The van der Waals surface area contributed by atoms with Crippen molar-refractivity contribution in [3.63, 3.8) is 0 Å². The summed E-state index contributed by atoms with van der Waals surface area (Å²) in [4.78, 5) is 18.1. The van der Waals surface area contributed by atoms with Gasteiger partial charge >= 0.3 is 6.18 Å². The first-order valence-corrected chi connectivity index (χ1v) is 12.5. The molecule has 0 aliphatic heterocycles. The molecule has 0 aliphatic rings. The van der Waals surface area contributed by atoms with Crippen molar-refractivity contribution >= 4 is 17.2 Å². The van der Waals surface area contributed by atoms with Crippen molar-refractivity contribution in [2.75, 3.05) is 0 Å². The molecule has 0 unspecified atom stereocenters. The number of fused-ring (bicyclic) bond motifs is 1. The molecule has 39 heavy (non-hydrogen) atoms. The second-order valence-electron chi connectivity index (χ2n) is 9.41. The van der Waals surface area contributed by atoms with Crippen LogP contribution in [0.1, 0.15) is 41.3 Å². The standard InChI is InChI=1S/C28H24ClF3N6O/c1-15-4-6-19(7-5-15)24-23(18-8-11-21(29)12-9-18)26-36-35-25(16(2)33)38(26)37(27(24)39)14-20-10-13-22(28(30,31)32)34-17(20)3/h4-13,16H,14,33H2,1-3H3/t16-/m0/s1. The number of hydrogen-bond acceptors (Lipinski definition) is 5. The lowest BCUT2D eigenvalue weighted by atomic mass is 9.96. The molecule has 0 saturated heterocycles. The van der Waals surface area contributed by atoms with E-state index in [4.69, 9.17) is 17.3 Å². The molecule has 5 rings (SSSR count). The quantitative estimate of drug-likeness (QED) is 0.290. The Morgan fingerprint density at radius 1 is 0.923 bits per heavy atom. The molecule has 5 aromatic rings. The van der Waals surface area contributed by atoms with E-state index in [1.54, 1.807) is 35.7 Å². The van der Waals surface area contributed by atoms with Crippen LogP contribution in [0, 0.1) is 13.8 Å². The smallest absolute Gasteiger partial charge is 0.321 e. The summed E-state index contributed by atoms with van der Waals surface area (Å²) in [7, 11) is 0. The average Bonchev–Trinajstić information content (AvgIpc) is 3.32. The molecular formula is C28H24ClF3N6O. The van der Waals surface area contributed by atoms with Gasteiger partial charge in [-0.15, -0.1) is 10.2 Å². The molecule has 2 aromatic carbocycles. The molecule has 0 spiro atoms. The first-order chi connectivity index (χ1) is 18.5. The van der Waals surface area contributed by atoms with Crippen LogP contribution in [0.25, 0.3) is 27.9 Å². The number of aromatic nitrogens is 5. The van der Waals surface area contributed by atoms with Crippen molar-refractivity contribution in [2.24, 2.45) is 5.73 Å². The summed E-state index contributed by atoms with van der Waals surface area (Å²) in [6.07, 6.45) is -4.58. The number of nitrogens with two attached hydrogens (primary N) is 1. The Hall–Kier alpha value is -4.02.